The second kappa shape index (κ2) is 3.99. The summed E-state index contributed by atoms with van der Waals surface area (Å²) >= 11 is 0. The highest BCUT2D eigenvalue weighted by atomic mass is 16.3. The van der Waals surface area contributed by atoms with Gasteiger partial charge in [0, 0.05) is 12.0 Å². The predicted octanol–water partition coefficient (Wildman–Crippen LogP) is 2.84. The van der Waals surface area contributed by atoms with Gasteiger partial charge < -0.3 is 10.8 Å². The summed E-state index contributed by atoms with van der Waals surface area (Å²) < 4.78 is 0. The molecule has 0 aliphatic heterocycles. The Morgan fingerprint density at radius 2 is 1.44 bits per heavy atom. The summed E-state index contributed by atoms with van der Waals surface area (Å²) in [5.41, 5.74) is 6.06. The summed E-state index contributed by atoms with van der Waals surface area (Å²) in [6, 6.07) is 0. The van der Waals surface area contributed by atoms with Crippen LogP contribution in [0.5, 0.6) is 0 Å². The summed E-state index contributed by atoms with van der Waals surface area (Å²) in [6.07, 6.45) is 8.98. The van der Waals surface area contributed by atoms with E-state index in [1.165, 1.54) is 25.7 Å². The molecule has 2 fully saturated rings. The number of hydrogen-bond acceptors (Lipinski definition) is 2. The number of aliphatic hydroxyl groups is 1. The third-order valence-corrected chi connectivity index (χ3v) is 5.37. The SMILES string of the molecule is CC1(C)CCC(CN)(C2(O)CCCC2)CC1. The highest BCUT2D eigenvalue weighted by Crippen LogP contribution is 2.54. The van der Waals surface area contributed by atoms with Crippen molar-refractivity contribution in [2.24, 2.45) is 16.6 Å². The number of rotatable bonds is 2. The largest absolute Gasteiger partial charge is 0.389 e. The molecule has 2 heteroatoms. The van der Waals surface area contributed by atoms with Gasteiger partial charge in [0.1, 0.15) is 0 Å². The Morgan fingerprint density at radius 1 is 0.938 bits per heavy atom. The van der Waals surface area contributed by atoms with Crippen molar-refractivity contribution in [3.05, 3.63) is 0 Å². The van der Waals surface area contributed by atoms with Crippen LogP contribution in [0.2, 0.25) is 0 Å². The van der Waals surface area contributed by atoms with E-state index < -0.39 is 5.60 Å². The van der Waals surface area contributed by atoms with Gasteiger partial charge >= 0.3 is 0 Å². The normalized spacial score (nSPS) is 31.5. The first-order valence-corrected chi connectivity index (χ1v) is 6.86. The van der Waals surface area contributed by atoms with Crippen LogP contribution in [-0.2, 0) is 0 Å². The fraction of sp³-hybridized carbons (Fsp3) is 1.00. The molecular formula is C14H27NO. The molecule has 0 aromatic rings. The lowest BCUT2D eigenvalue weighted by Gasteiger charge is -2.51. The maximum absolute atomic E-state index is 10.9. The van der Waals surface area contributed by atoms with Crippen LogP contribution in [0.15, 0.2) is 0 Å². The van der Waals surface area contributed by atoms with Crippen LogP contribution in [0.1, 0.15) is 65.2 Å². The van der Waals surface area contributed by atoms with E-state index >= 15 is 0 Å². The summed E-state index contributed by atoms with van der Waals surface area (Å²) in [7, 11) is 0. The Kier molecular flexibility index (Phi) is 3.09. The maximum atomic E-state index is 10.9. The molecule has 2 saturated carbocycles. The zero-order valence-corrected chi connectivity index (χ0v) is 10.9. The molecule has 0 amide bonds. The van der Waals surface area contributed by atoms with Crippen molar-refractivity contribution >= 4 is 0 Å². The van der Waals surface area contributed by atoms with Crippen LogP contribution < -0.4 is 5.73 Å². The average Bonchev–Trinajstić information content (AvgIpc) is 2.67. The zero-order valence-electron chi connectivity index (χ0n) is 10.9. The Balaban J connectivity index is 2.15. The highest BCUT2D eigenvalue weighted by molar-refractivity contribution is 5.05. The van der Waals surface area contributed by atoms with Gasteiger partial charge in [-0.05, 0) is 43.9 Å². The fourth-order valence-electron chi connectivity index (χ4n) is 3.76. The van der Waals surface area contributed by atoms with E-state index in [0.29, 0.717) is 12.0 Å². The third-order valence-electron chi connectivity index (χ3n) is 5.37. The first-order valence-electron chi connectivity index (χ1n) is 6.86. The van der Waals surface area contributed by atoms with E-state index in [9.17, 15) is 5.11 Å². The Labute approximate surface area is 99.6 Å². The minimum atomic E-state index is -0.446. The van der Waals surface area contributed by atoms with Crippen molar-refractivity contribution in [3.63, 3.8) is 0 Å². The van der Waals surface area contributed by atoms with Crippen molar-refractivity contribution in [1.29, 1.82) is 0 Å². The highest BCUT2D eigenvalue weighted by Gasteiger charge is 2.52. The molecule has 0 aromatic carbocycles. The average molecular weight is 225 g/mol. The van der Waals surface area contributed by atoms with Crippen molar-refractivity contribution in [2.75, 3.05) is 6.54 Å². The van der Waals surface area contributed by atoms with Gasteiger partial charge in [0.05, 0.1) is 5.60 Å². The monoisotopic (exact) mass is 225 g/mol. The van der Waals surface area contributed by atoms with Gasteiger partial charge in [-0.2, -0.15) is 0 Å². The van der Waals surface area contributed by atoms with Crippen molar-refractivity contribution in [2.45, 2.75) is 70.8 Å². The molecule has 2 aliphatic rings. The first-order chi connectivity index (χ1) is 7.43. The van der Waals surface area contributed by atoms with Gasteiger partial charge in [-0.3, -0.25) is 0 Å². The summed E-state index contributed by atoms with van der Waals surface area (Å²) in [5.74, 6) is 0. The molecule has 16 heavy (non-hydrogen) atoms. The minimum Gasteiger partial charge on any atom is -0.389 e. The van der Waals surface area contributed by atoms with Crippen LogP contribution in [0.4, 0.5) is 0 Å². The quantitative estimate of drug-likeness (QED) is 0.759. The smallest absolute Gasteiger partial charge is 0.0715 e. The van der Waals surface area contributed by atoms with Crippen LogP contribution in [0, 0.1) is 10.8 Å². The Bertz CT molecular complexity index is 243. The third kappa shape index (κ3) is 1.91. The van der Waals surface area contributed by atoms with Gasteiger partial charge in [-0.25, -0.2) is 0 Å². The molecule has 0 atom stereocenters. The molecule has 0 radical (unpaired) electrons. The Hall–Kier alpha value is -0.0800. The predicted molar refractivity (Wildman–Crippen MR) is 67.2 cm³/mol. The standard InChI is InChI=1S/C14H27NO/c1-12(2)7-9-13(11-15,10-8-12)14(16)5-3-4-6-14/h16H,3-11,15H2,1-2H3. The van der Waals surface area contributed by atoms with E-state index in [1.807, 2.05) is 0 Å². The molecule has 2 aliphatic carbocycles. The molecular weight excluding hydrogens is 198 g/mol. The van der Waals surface area contributed by atoms with E-state index in [0.717, 1.165) is 25.7 Å². The Morgan fingerprint density at radius 3 is 1.88 bits per heavy atom. The van der Waals surface area contributed by atoms with E-state index in [-0.39, 0.29) is 5.41 Å². The van der Waals surface area contributed by atoms with E-state index in [4.69, 9.17) is 5.73 Å². The van der Waals surface area contributed by atoms with E-state index in [2.05, 4.69) is 13.8 Å². The molecule has 3 N–H and O–H groups in total. The maximum Gasteiger partial charge on any atom is 0.0715 e. The molecule has 0 aromatic heterocycles. The van der Waals surface area contributed by atoms with Crippen molar-refractivity contribution in [1.82, 2.24) is 0 Å². The van der Waals surface area contributed by atoms with Gasteiger partial charge in [0.15, 0.2) is 0 Å². The van der Waals surface area contributed by atoms with Crippen molar-refractivity contribution in [3.8, 4) is 0 Å². The minimum absolute atomic E-state index is 0.0268. The molecule has 0 spiro atoms. The van der Waals surface area contributed by atoms with Gasteiger partial charge in [0.2, 0.25) is 0 Å². The second-order valence-corrected chi connectivity index (χ2v) is 6.89. The lowest BCUT2D eigenvalue weighted by Crippen LogP contribution is -2.53. The molecule has 0 unspecified atom stereocenters. The summed E-state index contributed by atoms with van der Waals surface area (Å²) in [6.45, 7) is 5.35. The summed E-state index contributed by atoms with van der Waals surface area (Å²) in [4.78, 5) is 0. The van der Waals surface area contributed by atoms with Crippen LogP contribution >= 0.6 is 0 Å². The number of nitrogens with two attached hydrogens (primary N) is 1. The van der Waals surface area contributed by atoms with E-state index in [1.54, 1.807) is 0 Å². The van der Waals surface area contributed by atoms with Crippen LogP contribution in [0.3, 0.4) is 0 Å². The topological polar surface area (TPSA) is 46.2 Å². The fourth-order valence-corrected chi connectivity index (χ4v) is 3.76. The van der Waals surface area contributed by atoms with Crippen LogP contribution in [0.25, 0.3) is 0 Å². The van der Waals surface area contributed by atoms with Crippen molar-refractivity contribution < 1.29 is 5.11 Å². The molecule has 0 bridgehead atoms. The van der Waals surface area contributed by atoms with Gasteiger partial charge in [0.25, 0.3) is 0 Å². The van der Waals surface area contributed by atoms with Gasteiger partial charge in [-0.1, -0.05) is 26.7 Å². The zero-order chi connectivity index (χ0) is 11.9. The summed E-state index contributed by atoms with van der Waals surface area (Å²) in [5, 5.41) is 10.9. The molecule has 0 heterocycles. The lowest BCUT2D eigenvalue weighted by molar-refractivity contribution is -0.107. The van der Waals surface area contributed by atoms with Gasteiger partial charge in [-0.15, -0.1) is 0 Å². The lowest BCUT2D eigenvalue weighted by atomic mass is 9.57. The van der Waals surface area contributed by atoms with Crippen LogP contribution in [-0.4, -0.2) is 17.3 Å². The molecule has 94 valence electrons. The molecule has 2 rings (SSSR count). The second-order valence-electron chi connectivity index (χ2n) is 6.89. The molecule has 0 saturated heterocycles. The number of hydrogen-bond donors (Lipinski definition) is 2. The first kappa shape index (κ1) is 12.4. The molecule has 2 nitrogen and oxygen atoms in total.